The highest BCUT2D eigenvalue weighted by Crippen LogP contribution is 2.29. The molecule has 2 N–H and O–H groups in total. The normalized spacial score (nSPS) is 12.5. The van der Waals surface area contributed by atoms with Crippen molar-refractivity contribution in [1.29, 1.82) is 0 Å². The maximum Gasteiger partial charge on any atom is 0.405 e. The van der Waals surface area contributed by atoms with Crippen LogP contribution in [0, 0.1) is 24.5 Å². The van der Waals surface area contributed by atoms with E-state index in [-0.39, 0.29) is 23.8 Å². The van der Waals surface area contributed by atoms with E-state index in [4.69, 9.17) is 9.84 Å². The highest BCUT2D eigenvalue weighted by Gasteiger charge is 2.24. The van der Waals surface area contributed by atoms with E-state index >= 15 is 0 Å². The van der Waals surface area contributed by atoms with Crippen molar-refractivity contribution in [2.75, 3.05) is 6.61 Å². The molecule has 0 bridgehead atoms. The first-order valence-electron chi connectivity index (χ1n) is 8.49. The Morgan fingerprint density at radius 3 is 2.59 bits per heavy atom. The van der Waals surface area contributed by atoms with Gasteiger partial charge in [-0.2, -0.15) is 0 Å². The molecule has 0 aliphatic rings. The van der Waals surface area contributed by atoms with E-state index in [1.165, 1.54) is 6.33 Å². The Kier molecular flexibility index (Phi) is 6.30. The first kappa shape index (κ1) is 20.5. The molecule has 146 valence electrons. The minimum absolute atomic E-state index is 0.0326. The second-order valence-electron chi connectivity index (χ2n) is 7.24. The highest BCUT2D eigenvalue weighted by molar-refractivity contribution is 5.65. The van der Waals surface area contributed by atoms with Crippen molar-refractivity contribution in [2.24, 2.45) is 5.92 Å². The number of rotatable bonds is 7. The van der Waals surface area contributed by atoms with Crippen molar-refractivity contribution in [3.63, 3.8) is 0 Å². The summed E-state index contributed by atoms with van der Waals surface area (Å²) >= 11 is 0. The van der Waals surface area contributed by atoms with Crippen molar-refractivity contribution >= 4 is 6.09 Å². The van der Waals surface area contributed by atoms with Crippen LogP contribution in [0.4, 0.5) is 13.6 Å². The third-order valence-corrected chi connectivity index (χ3v) is 3.93. The summed E-state index contributed by atoms with van der Waals surface area (Å²) in [5.74, 6) is -1.63. The lowest BCUT2D eigenvalue weighted by atomic mass is 9.92. The van der Waals surface area contributed by atoms with Gasteiger partial charge < -0.3 is 15.2 Å². The van der Waals surface area contributed by atoms with E-state index in [0.717, 1.165) is 12.1 Å². The van der Waals surface area contributed by atoms with Gasteiger partial charge >= 0.3 is 6.09 Å². The molecule has 1 amide bonds. The fourth-order valence-corrected chi connectivity index (χ4v) is 2.94. The highest BCUT2D eigenvalue weighted by atomic mass is 19.1. The summed E-state index contributed by atoms with van der Waals surface area (Å²) in [7, 11) is 0. The molecule has 0 unspecified atom stereocenters. The Bertz CT molecular complexity index is 828. The molecule has 0 aliphatic carbocycles. The molecule has 0 saturated heterocycles. The summed E-state index contributed by atoms with van der Waals surface area (Å²) in [6.45, 7) is 7.19. The van der Waals surface area contributed by atoms with Gasteiger partial charge in [0.25, 0.3) is 0 Å². The predicted molar refractivity (Wildman–Crippen MR) is 96.6 cm³/mol. The van der Waals surface area contributed by atoms with Crippen LogP contribution in [0.3, 0.4) is 0 Å². The van der Waals surface area contributed by atoms with Gasteiger partial charge in [0, 0.05) is 22.9 Å². The standard InChI is InChI=1S/C19H23F2N3O3/c1-11(8-19(3,4)24-18(25)26)9-27-17-7-14(20)13(6-15(17)21)16-5-12(2)22-10-23-16/h5-7,10-11,24H,8-9H2,1-4H3,(H,25,26)/t11-/m0/s1. The second kappa shape index (κ2) is 8.28. The number of benzene rings is 1. The second-order valence-corrected chi connectivity index (χ2v) is 7.24. The number of aromatic nitrogens is 2. The Balaban J connectivity index is 2.07. The van der Waals surface area contributed by atoms with Crippen LogP contribution < -0.4 is 10.1 Å². The lowest BCUT2D eigenvalue weighted by molar-refractivity contribution is 0.168. The van der Waals surface area contributed by atoms with Crippen molar-refractivity contribution in [3.8, 4) is 17.0 Å². The number of ether oxygens (including phenoxy) is 1. The number of nitrogens with one attached hydrogen (secondary N) is 1. The van der Waals surface area contributed by atoms with Gasteiger partial charge in [-0.25, -0.2) is 23.5 Å². The van der Waals surface area contributed by atoms with E-state index in [1.807, 2.05) is 6.92 Å². The average Bonchev–Trinajstić information content (AvgIpc) is 2.53. The molecule has 27 heavy (non-hydrogen) atoms. The SMILES string of the molecule is Cc1cc(-c2cc(F)c(OC[C@@H](C)CC(C)(C)NC(=O)O)cc2F)ncn1. The van der Waals surface area contributed by atoms with E-state index in [1.54, 1.807) is 26.8 Å². The van der Waals surface area contributed by atoms with Crippen LogP contribution >= 0.6 is 0 Å². The zero-order chi connectivity index (χ0) is 20.2. The molecule has 1 aromatic heterocycles. The Morgan fingerprint density at radius 1 is 1.26 bits per heavy atom. The zero-order valence-corrected chi connectivity index (χ0v) is 15.7. The number of hydrogen-bond acceptors (Lipinski definition) is 4. The minimum atomic E-state index is -1.11. The molecule has 1 heterocycles. The number of amides is 1. The van der Waals surface area contributed by atoms with Crippen LogP contribution in [0.5, 0.6) is 5.75 Å². The fraction of sp³-hybridized carbons (Fsp3) is 0.421. The van der Waals surface area contributed by atoms with E-state index in [0.29, 0.717) is 17.8 Å². The summed E-state index contributed by atoms with van der Waals surface area (Å²) in [5.41, 5.74) is 0.310. The fourth-order valence-electron chi connectivity index (χ4n) is 2.94. The van der Waals surface area contributed by atoms with E-state index in [2.05, 4.69) is 15.3 Å². The maximum atomic E-state index is 14.4. The molecule has 0 radical (unpaired) electrons. The summed E-state index contributed by atoms with van der Waals surface area (Å²) in [5, 5.41) is 11.2. The van der Waals surface area contributed by atoms with Gasteiger partial charge in [0.15, 0.2) is 11.6 Å². The van der Waals surface area contributed by atoms with Crippen LogP contribution in [0.2, 0.25) is 0 Å². The van der Waals surface area contributed by atoms with E-state index < -0.39 is 23.3 Å². The largest absolute Gasteiger partial charge is 0.490 e. The lowest BCUT2D eigenvalue weighted by Gasteiger charge is -2.28. The quantitative estimate of drug-likeness (QED) is 0.754. The van der Waals surface area contributed by atoms with Crippen LogP contribution in [0.1, 0.15) is 32.9 Å². The number of halogens is 2. The molecule has 6 nitrogen and oxygen atoms in total. The van der Waals surface area contributed by atoms with Crippen molar-refractivity contribution in [2.45, 2.75) is 39.7 Å². The van der Waals surface area contributed by atoms with Gasteiger partial charge in [0.05, 0.1) is 12.3 Å². The summed E-state index contributed by atoms with van der Waals surface area (Å²) in [6, 6.07) is 3.61. The lowest BCUT2D eigenvalue weighted by Crippen LogP contribution is -2.44. The van der Waals surface area contributed by atoms with Gasteiger partial charge in [-0.1, -0.05) is 6.92 Å². The van der Waals surface area contributed by atoms with Crippen molar-refractivity contribution in [1.82, 2.24) is 15.3 Å². The number of aryl methyl sites for hydroxylation is 1. The molecule has 0 fully saturated rings. The van der Waals surface area contributed by atoms with Crippen LogP contribution in [0.15, 0.2) is 24.5 Å². The number of nitrogens with zero attached hydrogens (tertiary/aromatic N) is 2. The Morgan fingerprint density at radius 2 is 1.96 bits per heavy atom. The van der Waals surface area contributed by atoms with Gasteiger partial charge in [-0.05, 0) is 45.2 Å². The third kappa shape index (κ3) is 5.87. The molecule has 0 spiro atoms. The predicted octanol–water partition coefficient (Wildman–Crippen LogP) is 4.18. The molecule has 0 aliphatic heterocycles. The molecule has 2 aromatic rings. The maximum absolute atomic E-state index is 14.4. The third-order valence-electron chi connectivity index (χ3n) is 3.93. The zero-order valence-electron chi connectivity index (χ0n) is 15.7. The van der Waals surface area contributed by atoms with E-state index in [9.17, 15) is 13.6 Å². The van der Waals surface area contributed by atoms with Gasteiger partial charge in [0.2, 0.25) is 0 Å². The first-order valence-corrected chi connectivity index (χ1v) is 8.49. The topological polar surface area (TPSA) is 84.3 Å². The van der Waals surface area contributed by atoms with Gasteiger partial charge in [0.1, 0.15) is 12.1 Å². The van der Waals surface area contributed by atoms with Crippen LogP contribution in [0.25, 0.3) is 11.3 Å². The van der Waals surface area contributed by atoms with Crippen molar-refractivity contribution < 1.29 is 23.4 Å². The molecule has 8 heteroatoms. The molecule has 0 saturated carbocycles. The van der Waals surface area contributed by atoms with Crippen LogP contribution in [-0.2, 0) is 0 Å². The smallest absolute Gasteiger partial charge is 0.405 e. The minimum Gasteiger partial charge on any atom is -0.490 e. The first-order chi connectivity index (χ1) is 12.6. The number of hydrogen-bond donors (Lipinski definition) is 2. The molecular weight excluding hydrogens is 356 g/mol. The summed E-state index contributed by atoms with van der Waals surface area (Å²) in [6.07, 6.45) is 0.652. The molecule has 1 aromatic carbocycles. The molecule has 2 rings (SSSR count). The van der Waals surface area contributed by atoms with Crippen molar-refractivity contribution in [3.05, 3.63) is 41.9 Å². The monoisotopic (exact) mass is 379 g/mol. The Hall–Kier alpha value is -2.77. The van der Waals surface area contributed by atoms with Crippen LogP contribution in [-0.4, -0.2) is 33.3 Å². The number of carbonyl (C=O) groups is 1. The van der Waals surface area contributed by atoms with Gasteiger partial charge in [-0.15, -0.1) is 0 Å². The summed E-state index contributed by atoms with van der Waals surface area (Å²) < 4.78 is 34.2. The van der Waals surface area contributed by atoms with Gasteiger partial charge in [-0.3, -0.25) is 0 Å². The summed E-state index contributed by atoms with van der Waals surface area (Å²) in [4.78, 5) is 18.7. The Labute approximate surface area is 156 Å². The average molecular weight is 379 g/mol. The number of carboxylic acid groups (broad SMARTS) is 1. The molecular formula is C19H23F2N3O3. The molecule has 1 atom stereocenters.